The lowest BCUT2D eigenvalue weighted by Crippen LogP contribution is -2.60. The predicted molar refractivity (Wildman–Crippen MR) is 158 cm³/mol. The van der Waals surface area contributed by atoms with Crippen LogP contribution in [0.25, 0.3) is 0 Å². The maximum absolute atomic E-state index is 15.0. The second-order valence-electron chi connectivity index (χ2n) is 11.5. The summed E-state index contributed by atoms with van der Waals surface area (Å²) in [6.45, 7) is 6.38. The van der Waals surface area contributed by atoms with E-state index in [9.17, 15) is 24.0 Å². The molecule has 0 spiro atoms. The maximum atomic E-state index is 15.0. The Morgan fingerprint density at radius 3 is 2.00 bits per heavy atom. The predicted octanol–water partition coefficient (Wildman–Crippen LogP) is 3.59. The number of carbonyl (C=O) groups excluding carboxylic acids is 5. The molecule has 3 unspecified atom stereocenters. The van der Waals surface area contributed by atoms with Gasteiger partial charge in [0.25, 0.3) is 5.91 Å². The minimum absolute atomic E-state index is 0.0000440. The highest BCUT2D eigenvalue weighted by Gasteiger charge is 2.51. The van der Waals surface area contributed by atoms with Crippen LogP contribution in [-0.2, 0) is 37.1 Å². The Morgan fingerprint density at radius 1 is 0.864 bits per heavy atom. The molecule has 0 saturated carbocycles. The molecule has 0 aliphatic carbocycles. The molecule has 0 aromatic heterocycles. The van der Waals surface area contributed by atoms with E-state index in [0.717, 1.165) is 5.56 Å². The topological polar surface area (TPSA) is 134 Å². The van der Waals surface area contributed by atoms with Gasteiger partial charge in [-0.05, 0) is 35.8 Å². The van der Waals surface area contributed by atoms with Crippen LogP contribution in [0.2, 0.25) is 0 Å². The van der Waals surface area contributed by atoms with Gasteiger partial charge in [-0.3, -0.25) is 19.2 Å². The summed E-state index contributed by atoms with van der Waals surface area (Å²) in [4.78, 5) is 66.0. The number of rotatable bonds is 13. The van der Waals surface area contributed by atoms with Crippen molar-refractivity contribution in [3.63, 3.8) is 0 Å². The second kappa shape index (κ2) is 15.4. The third-order valence-corrected chi connectivity index (χ3v) is 7.39. The van der Waals surface area contributed by atoms with Gasteiger partial charge in [0.05, 0.1) is 6.04 Å². The van der Waals surface area contributed by atoms with Gasteiger partial charge in [-0.15, -0.1) is 0 Å². The summed E-state index contributed by atoms with van der Waals surface area (Å²) in [7, 11) is 0. The van der Waals surface area contributed by atoms with Crippen LogP contribution in [0.3, 0.4) is 0 Å². The molecular weight excluding hydrogens is 574 g/mol. The standard InChI is InChI=1S/C32H40F2N4O6/c1-20(2)25(27(39)32(33,34)30(42)35-18-22-12-7-5-8-13-22)36-28(40)24-16-11-17-38(24)29(41)26(21(3)4)37-31(43)44-19-23-14-9-6-10-15-23/h5-10,12-15,20-21,24-26H,11,16-19H2,1-4H3,(H,35,42)(H,36,40)(H,37,43). The van der Waals surface area contributed by atoms with E-state index in [1.165, 1.54) is 18.7 Å². The van der Waals surface area contributed by atoms with Crippen LogP contribution in [0.4, 0.5) is 13.6 Å². The second-order valence-corrected chi connectivity index (χ2v) is 11.5. The van der Waals surface area contributed by atoms with E-state index in [0.29, 0.717) is 12.0 Å². The number of alkyl carbamates (subject to hydrolysis) is 1. The van der Waals surface area contributed by atoms with Gasteiger partial charge in [-0.2, -0.15) is 8.78 Å². The highest BCUT2D eigenvalue weighted by Crippen LogP contribution is 2.24. The molecule has 1 saturated heterocycles. The minimum Gasteiger partial charge on any atom is -0.445 e. The summed E-state index contributed by atoms with van der Waals surface area (Å²) in [5, 5.41) is 7.03. The fraction of sp³-hybridized carbons (Fsp3) is 0.469. The molecule has 0 radical (unpaired) electrons. The van der Waals surface area contributed by atoms with E-state index in [2.05, 4.69) is 16.0 Å². The smallest absolute Gasteiger partial charge is 0.408 e. The van der Waals surface area contributed by atoms with E-state index in [4.69, 9.17) is 4.74 Å². The van der Waals surface area contributed by atoms with Gasteiger partial charge in [0.1, 0.15) is 18.7 Å². The van der Waals surface area contributed by atoms with E-state index >= 15 is 8.78 Å². The van der Waals surface area contributed by atoms with Gasteiger partial charge in [0.2, 0.25) is 17.6 Å². The normalized spacial score (nSPS) is 16.3. The molecule has 3 atom stereocenters. The summed E-state index contributed by atoms with van der Waals surface area (Å²) in [6.07, 6.45) is -0.126. The summed E-state index contributed by atoms with van der Waals surface area (Å²) in [5.74, 6) is -10.4. The Morgan fingerprint density at radius 2 is 1.43 bits per heavy atom. The number of hydrogen-bond acceptors (Lipinski definition) is 6. The summed E-state index contributed by atoms with van der Waals surface area (Å²) in [6, 6.07) is 13.6. The number of halogens is 2. The number of ether oxygens (including phenoxy) is 1. The number of likely N-dealkylation sites (tertiary alicyclic amines) is 1. The molecule has 44 heavy (non-hydrogen) atoms. The van der Waals surface area contributed by atoms with Crippen LogP contribution >= 0.6 is 0 Å². The average Bonchev–Trinajstić information content (AvgIpc) is 3.50. The molecule has 3 N–H and O–H groups in total. The summed E-state index contributed by atoms with van der Waals surface area (Å²) >= 11 is 0. The van der Waals surface area contributed by atoms with Crippen LogP contribution in [0.1, 0.15) is 51.7 Å². The first kappa shape index (κ1) is 34.1. The van der Waals surface area contributed by atoms with Crippen LogP contribution in [0.5, 0.6) is 0 Å². The van der Waals surface area contributed by atoms with Crippen molar-refractivity contribution in [3.05, 3.63) is 71.8 Å². The molecule has 238 valence electrons. The zero-order chi connectivity index (χ0) is 32.4. The zero-order valence-electron chi connectivity index (χ0n) is 25.3. The molecule has 2 aromatic rings. The van der Waals surface area contributed by atoms with Gasteiger partial charge in [0.15, 0.2) is 0 Å². The molecule has 1 aliphatic heterocycles. The van der Waals surface area contributed by atoms with E-state index in [-0.39, 0.29) is 32.0 Å². The van der Waals surface area contributed by atoms with Crippen molar-refractivity contribution < 1.29 is 37.5 Å². The highest BCUT2D eigenvalue weighted by molar-refractivity contribution is 6.10. The molecule has 10 nitrogen and oxygen atoms in total. The first-order valence-electron chi connectivity index (χ1n) is 14.6. The lowest BCUT2D eigenvalue weighted by Gasteiger charge is -2.32. The first-order valence-corrected chi connectivity index (χ1v) is 14.6. The average molecular weight is 615 g/mol. The third-order valence-electron chi connectivity index (χ3n) is 7.39. The molecule has 1 aliphatic rings. The number of carbonyl (C=O) groups is 5. The van der Waals surface area contributed by atoms with Gasteiger partial charge in [0, 0.05) is 13.1 Å². The van der Waals surface area contributed by atoms with Crippen molar-refractivity contribution in [1.82, 2.24) is 20.9 Å². The number of benzene rings is 2. The number of ketones is 1. The molecular formula is C32H40F2N4O6. The van der Waals surface area contributed by atoms with E-state index < -0.39 is 59.6 Å². The number of hydrogen-bond donors (Lipinski definition) is 3. The molecule has 1 heterocycles. The summed E-state index contributed by atoms with van der Waals surface area (Å²) in [5.41, 5.74) is 1.34. The minimum atomic E-state index is -4.41. The van der Waals surface area contributed by atoms with Crippen LogP contribution in [0, 0.1) is 11.8 Å². The van der Waals surface area contributed by atoms with Crippen LogP contribution < -0.4 is 16.0 Å². The monoisotopic (exact) mass is 614 g/mol. The van der Waals surface area contributed by atoms with Crippen molar-refractivity contribution in [1.29, 1.82) is 0 Å². The van der Waals surface area contributed by atoms with Crippen molar-refractivity contribution in [3.8, 4) is 0 Å². The maximum Gasteiger partial charge on any atom is 0.408 e. The number of Topliss-reactive ketones (excluding diaryl/α,β-unsaturated/α-hetero) is 1. The van der Waals surface area contributed by atoms with Crippen molar-refractivity contribution in [2.24, 2.45) is 11.8 Å². The van der Waals surface area contributed by atoms with Gasteiger partial charge in [-0.25, -0.2) is 4.79 Å². The number of nitrogens with zero attached hydrogens (tertiary/aromatic N) is 1. The number of alkyl halides is 2. The Balaban J connectivity index is 1.65. The summed E-state index contributed by atoms with van der Waals surface area (Å²) < 4.78 is 35.3. The van der Waals surface area contributed by atoms with Gasteiger partial charge >= 0.3 is 12.0 Å². The fourth-order valence-corrected chi connectivity index (χ4v) is 4.87. The molecule has 12 heteroatoms. The van der Waals surface area contributed by atoms with Crippen LogP contribution in [-0.4, -0.2) is 65.1 Å². The molecule has 3 rings (SSSR count). The zero-order valence-corrected chi connectivity index (χ0v) is 25.3. The Labute approximate surface area is 255 Å². The van der Waals surface area contributed by atoms with Crippen LogP contribution in [0.15, 0.2) is 60.7 Å². The molecule has 1 fully saturated rings. The quantitative estimate of drug-likeness (QED) is 0.296. The SMILES string of the molecule is CC(C)C(NC(=O)OCc1ccccc1)C(=O)N1CCCC1C(=O)NC(C(=O)C(F)(F)C(=O)NCc1ccccc1)C(C)C. The lowest BCUT2D eigenvalue weighted by atomic mass is 9.94. The Kier molecular flexibility index (Phi) is 11.9. The lowest BCUT2D eigenvalue weighted by molar-refractivity contribution is -0.161. The largest absolute Gasteiger partial charge is 0.445 e. The van der Waals surface area contributed by atoms with Crippen molar-refractivity contribution >= 4 is 29.6 Å². The molecule has 4 amide bonds. The van der Waals surface area contributed by atoms with Crippen molar-refractivity contribution in [2.75, 3.05) is 6.54 Å². The first-order chi connectivity index (χ1) is 20.8. The van der Waals surface area contributed by atoms with Crippen molar-refractivity contribution in [2.45, 2.75) is 77.7 Å². The number of nitrogens with one attached hydrogen (secondary N) is 3. The fourth-order valence-electron chi connectivity index (χ4n) is 4.87. The Hall–Kier alpha value is -4.35. The number of amides is 4. The third kappa shape index (κ3) is 8.84. The van der Waals surface area contributed by atoms with E-state index in [1.807, 2.05) is 6.07 Å². The highest BCUT2D eigenvalue weighted by atomic mass is 19.3. The molecule has 0 bridgehead atoms. The Bertz CT molecular complexity index is 1310. The van der Waals surface area contributed by atoms with E-state index in [1.54, 1.807) is 68.4 Å². The van der Waals surface area contributed by atoms with Gasteiger partial charge < -0.3 is 25.6 Å². The van der Waals surface area contributed by atoms with Gasteiger partial charge in [-0.1, -0.05) is 88.4 Å². The molecule has 2 aromatic carbocycles.